The van der Waals surface area contributed by atoms with Gasteiger partial charge in [0, 0.05) is 16.8 Å². The minimum atomic E-state index is -0.710. The first-order valence-electron chi connectivity index (χ1n) is 10.1. The minimum Gasteiger partial charge on any atom is -0.386 e. The number of anilines is 3. The lowest BCUT2D eigenvalue weighted by Crippen LogP contribution is -2.12. The summed E-state index contributed by atoms with van der Waals surface area (Å²) in [6, 6.07) is 23.3. The summed E-state index contributed by atoms with van der Waals surface area (Å²) in [5.74, 6) is -2.79. The fourth-order valence-corrected chi connectivity index (χ4v) is 4.26. The molecule has 0 unspecified atom stereocenters. The van der Waals surface area contributed by atoms with E-state index in [2.05, 4.69) is 0 Å². The van der Waals surface area contributed by atoms with E-state index in [1.54, 1.807) is 36.4 Å². The summed E-state index contributed by atoms with van der Waals surface area (Å²) in [5.41, 5.74) is 2.67. The van der Waals surface area contributed by atoms with Crippen LogP contribution in [-0.2, 0) is 9.47 Å². The second-order valence-corrected chi connectivity index (χ2v) is 7.65. The number of carbonyl (C=O) groups excluding carboxylic acids is 4. The lowest BCUT2D eigenvalue weighted by molar-refractivity contribution is 0.0425. The summed E-state index contributed by atoms with van der Waals surface area (Å²) in [7, 11) is 0. The maximum Gasteiger partial charge on any atom is 0.346 e. The van der Waals surface area contributed by atoms with Crippen LogP contribution in [0.4, 0.5) is 17.1 Å². The lowest BCUT2D eigenvalue weighted by atomic mass is 10.0. The zero-order valence-electron chi connectivity index (χ0n) is 16.9. The van der Waals surface area contributed by atoms with Gasteiger partial charge in [-0.2, -0.15) is 0 Å². The van der Waals surface area contributed by atoms with E-state index in [9.17, 15) is 19.2 Å². The van der Waals surface area contributed by atoms with Gasteiger partial charge in [0.2, 0.25) is 0 Å². The predicted octanol–water partition coefficient (Wildman–Crippen LogP) is 4.93. The van der Waals surface area contributed by atoms with E-state index < -0.39 is 23.9 Å². The van der Waals surface area contributed by atoms with E-state index >= 15 is 0 Å². The van der Waals surface area contributed by atoms with Gasteiger partial charge in [-0.15, -0.1) is 0 Å². The zero-order chi connectivity index (χ0) is 22.7. The number of carbonyl (C=O) groups is 4. The van der Waals surface area contributed by atoms with Crippen LogP contribution < -0.4 is 4.90 Å². The highest BCUT2D eigenvalue weighted by Gasteiger charge is 2.33. The van der Waals surface area contributed by atoms with Gasteiger partial charge < -0.3 is 14.4 Å². The number of benzene rings is 4. The Labute approximate surface area is 186 Å². The maximum atomic E-state index is 12.2. The molecule has 0 atom stereocenters. The molecule has 2 heterocycles. The SMILES string of the molecule is O=C1OC(=O)c2cc(N(c3ccc4c(c3)C(=O)OC4=O)c3cccc4ccccc34)ccc21. The van der Waals surface area contributed by atoms with Crippen molar-refractivity contribution in [2.24, 2.45) is 0 Å². The topological polar surface area (TPSA) is 90.0 Å². The van der Waals surface area contributed by atoms with Gasteiger partial charge in [0.15, 0.2) is 0 Å². The number of nitrogens with zero attached hydrogens (tertiary/aromatic N) is 1. The van der Waals surface area contributed by atoms with E-state index in [1.165, 1.54) is 0 Å². The number of fused-ring (bicyclic) bond motifs is 3. The quantitative estimate of drug-likeness (QED) is 0.333. The molecule has 0 amide bonds. The number of hydrogen-bond acceptors (Lipinski definition) is 7. The summed E-state index contributed by atoms with van der Waals surface area (Å²) in [5, 5.41) is 1.92. The van der Waals surface area contributed by atoms with Crippen LogP contribution in [-0.4, -0.2) is 23.9 Å². The Hall–Kier alpha value is -4.78. The van der Waals surface area contributed by atoms with Gasteiger partial charge >= 0.3 is 23.9 Å². The number of ether oxygens (including phenoxy) is 2. The fraction of sp³-hybridized carbons (Fsp3) is 0. The molecule has 0 N–H and O–H groups in total. The first kappa shape index (κ1) is 18.9. The van der Waals surface area contributed by atoms with Gasteiger partial charge in [-0.25, -0.2) is 19.2 Å². The van der Waals surface area contributed by atoms with Crippen LogP contribution in [0.2, 0.25) is 0 Å². The van der Waals surface area contributed by atoms with Gasteiger partial charge in [0.1, 0.15) is 0 Å². The van der Waals surface area contributed by atoms with Crippen molar-refractivity contribution in [2.45, 2.75) is 0 Å². The van der Waals surface area contributed by atoms with E-state index in [4.69, 9.17) is 9.47 Å². The molecule has 0 spiro atoms. The minimum absolute atomic E-state index is 0.165. The molecule has 7 heteroatoms. The molecule has 0 aliphatic carbocycles. The van der Waals surface area contributed by atoms with Crippen LogP contribution in [0.1, 0.15) is 41.4 Å². The molecule has 0 aromatic heterocycles. The smallest absolute Gasteiger partial charge is 0.346 e. The molecule has 4 aromatic rings. The summed E-state index contributed by atoms with van der Waals surface area (Å²) >= 11 is 0. The highest BCUT2D eigenvalue weighted by atomic mass is 16.6. The highest BCUT2D eigenvalue weighted by Crippen LogP contribution is 2.41. The van der Waals surface area contributed by atoms with Crippen LogP contribution in [0, 0.1) is 0 Å². The second-order valence-electron chi connectivity index (χ2n) is 7.65. The van der Waals surface area contributed by atoms with Gasteiger partial charge in [-0.3, -0.25) is 0 Å². The average Bonchev–Trinajstić information content (AvgIpc) is 3.28. The van der Waals surface area contributed by atoms with Crippen molar-refractivity contribution >= 4 is 51.7 Å². The zero-order valence-corrected chi connectivity index (χ0v) is 16.9. The van der Waals surface area contributed by atoms with E-state index in [-0.39, 0.29) is 22.3 Å². The second kappa shape index (κ2) is 6.86. The van der Waals surface area contributed by atoms with E-state index in [1.807, 2.05) is 47.4 Å². The molecule has 6 rings (SSSR count). The predicted molar refractivity (Wildman–Crippen MR) is 118 cm³/mol. The Morgan fingerprint density at radius 1 is 0.515 bits per heavy atom. The van der Waals surface area contributed by atoms with Gasteiger partial charge in [-0.1, -0.05) is 36.4 Å². The molecule has 2 aliphatic rings. The standard InChI is InChI=1S/C26H13NO6/c28-23-18-10-8-15(12-20(18)25(30)32-23)27(22-7-3-5-14-4-1-2-6-17(14)22)16-9-11-19-21(13-16)26(31)33-24(19)29/h1-13H. The van der Waals surface area contributed by atoms with Crippen LogP contribution in [0.25, 0.3) is 10.8 Å². The Morgan fingerprint density at radius 3 is 1.64 bits per heavy atom. The summed E-state index contributed by atoms with van der Waals surface area (Å²) < 4.78 is 9.48. The van der Waals surface area contributed by atoms with Crippen molar-refractivity contribution < 1.29 is 28.7 Å². The molecule has 0 fully saturated rings. The maximum absolute atomic E-state index is 12.2. The van der Waals surface area contributed by atoms with Crippen LogP contribution in [0.15, 0.2) is 78.9 Å². The first-order valence-corrected chi connectivity index (χ1v) is 10.1. The van der Waals surface area contributed by atoms with Crippen molar-refractivity contribution in [3.63, 3.8) is 0 Å². The molecule has 0 saturated heterocycles. The van der Waals surface area contributed by atoms with Crippen molar-refractivity contribution in [2.75, 3.05) is 4.90 Å². The molecule has 0 radical (unpaired) electrons. The molecule has 7 nitrogen and oxygen atoms in total. The number of rotatable bonds is 3. The molecular formula is C26H13NO6. The molecule has 158 valence electrons. The number of esters is 4. The molecule has 4 aromatic carbocycles. The normalized spacial score (nSPS) is 14.2. The van der Waals surface area contributed by atoms with Crippen molar-refractivity contribution in [3.05, 3.63) is 101 Å². The van der Waals surface area contributed by atoms with Crippen molar-refractivity contribution in [1.29, 1.82) is 0 Å². The van der Waals surface area contributed by atoms with Gasteiger partial charge in [0.25, 0.3) is 0 Å². The monoisotopic (exact) mass is 435 g/mol. The largest absolute Gasteiger partial charge is 0.386 e. The molecule has 33 heavy (non-hydrogen) atoms. The Balaban J connectivity index is 1.61. The van der Waals surface area contributed by atoms with E-state index in [0.29, 0.717) is 11.4 Å². The fourth-order valence-electron chi connectivity index (χ4n) is 4.26. The van der Waals surface area contributed by atoms with Crippen LogP contribution in [0.5, 0.6) is 0 Å². The average molecular weight is 435 g/mol. The lowest BCUT2D eigenvalue weighted by Gasteiger charge is -2.27. The van der Waals surface area contributed by atoms with Crippen molar-refractivity contribution in [3.8, 4) is 0 Å². The summed E-state index contributed by atoms with van der Waals surface area (Å²) in [4.78, 5) is 50.1. The van der Waals surface area contributed by atoms with Gasteiger partial charge in [-0.05, 0) is 47.9 Å². The van der Waals surface area contributed by atoms with Crippen LogP contribution in [0.3, 0.4) is 0 Å². The Kier molecular flexibility index (Phi) is 3.94. The first-order chi connectivity index (χ1) is 16.0. The van der Waals surface area contributed by atoms with Crippen molar-refractivity contribution in [1.82, 2.24) is 0 Å². The van der Waals surface area contributed by atoms with E-state index in [0.717, 1.165) is 16.5 Å². The number of hydrogen-bond donors (Lipinski definition) is 0. The molecular weight excluding hydrogens is 422 g/mol. The third-order valence-corrected chi connectivity index (χ3v) is 5.78. The third-order valence-electron chi connectivity index (χ3n) is 5.78. The van der Waals surface area contributed by atoms with Gasteiger partial charge in [0.05, 0.1) is 27.9 Å². The number of cyclic esters (lactones) is 4. The third kappa shape index (κ3) is 2.83. The highest BCUT2D eigenvalue weighted by molar-refractivity contribution is 6.16. The Bertz CT molecular complexity index is 1470. The molecule has 0 saturated carbocycles. The summed E-state index contributed by atoms with van der Waals surface area (Å²) in [6.07, 6.45) is 0. The Morgan fingerprint density at radius 2 is 1.03 bits per heavy atom. The molecule has 0 bridgehead atoms. The van der Waals surface area contributed by atoms with Crippen LogP contribution >= 0.6 is 0 Å². The molecule has 2 aliphatic heterocycles. The summed E-state index contributed by atoms with van der Waals surface area (Å²) in [6.45, 7) is 0.